The van der Waals surface area contributed by atoms with Gasteiger partial charge in [0.15, 0.2) is 6.10 Å². The maximum absolute atomic E-state index is 12.4. The number of benzene rings is 2. The van der Waals surface area contributed by atoms with E-state index in [1.165, 1.54) is 6.07 Å². The van der Waals surface area contributed by atoms with E-state index in [2.05, 4.69) is 12.2 Å². The van der Waals surface area contributed by atoms with E-state index >= 15 is 0 Å². The van der Waals surface area contributed by atoms with Crippen molar-refractivity contribution < 1.29 is 18.7 Å². The van der Waals surface area contributed by atoms with Gasteiger partial charge in [-0.1, -0.05) is 25.5 Å². The Bertz CT molecular complexity index is 1060. The predicted octanol–water partition coefficient (Wildman–Crippen LogP) is 3.88. The molecule has 0 bridgehead atoms. The Hall–Kier alpha value is -3.28. The lowest BCUT2D eigenvalue weighted by Crippen LogP contribution is -2.37. The highest BCUT2D eigenvalue weighted by Crippen LogP contribution is 2.24. The molecule has 1 aromatic heterocycles. The number of amides is 1. The van der Waals surface area contributed by atoms with Crippen LogP contribution in [0.5, 0.6) is 11.5 Å². The van der Waals surface area contributed by atoms with Crippen LogP contribution in [0, 0.1) is 0 Å². The van der Waals surface area contributed by atoms with Crippen molar-refractivity contribution in [3.63, 3.8) is 0 Å². The molecule has 0 spiro atoms. The molecule has 6 nitrogen and oxygen atoms in total. The summed E-state index contributed by atoms with van der Waals surface area (Å²) in [6.45, 7) is 4.26. The first-order chi connectivity index (χ1) is 14.5. The van der Waals surface area contributed by atoms with Gasteiger partial charge in [-0.25, -0.2) is 4.79 Å². The lowest BCUT2D eigenvalue weighted by atomic mass is 10.1. The smallest absolute Gasteiger partial charge is 0.336 e. The second-order valence-corrected chi connectivity index (χ2v) is 7.15. The van der Waals surface area contributed by atoms with E-state index in [-0.39, 0.29) is 11.5 Å². The van der Waals surface area contributed by atoms with Crippen LogP contribution in [0.1, 0.15) is 31.4 Å². The standard InChI is InChI=1S/C24H27NO5/c1-4-5-18-14-23(26)30-22-15-20(10-11-21(18)22)29-16(2)24(27)25-13-12-17-6-8-19(28-3)9-7-17/h6-11,14-16H,4-5,12-13H2,1-3H3,(H,25,27). The van der Waals surface area contributed by atoms with Crippen molar-refractivity contribution in [2.75, 3.05) is 13.7 Å². The predicted molar refractivity (Wildman–Crippen MR) is 116 cm³/mol. The summed E-state index contributed by atoms with van der Waals surface area (Å²) in [5.74, 6) is 1.08. The van der Waals surface area contributed by atoms with Gasteiger partial charge in [0.05, 0.1) is 7.11 Å². The zero-order valence-electron chi connectivity index (χ0n) is 17.6. The quantitative estimate of drug-likeness (QED) is 0.543. The molecule has 0 aliphatic carbocycles. The summed E-state index contributed by atoms with van der Waals surface area (Å²) < 4.78 is 16.2. The van der Waals surface area contributed by atoms with Crippen LogP contribution in [0.15, 0.2) is 57.7 Å². The van der Waals surface area contributed by atoms with Gasteiger partial charge in [-0.2, -0.15) is 0 Å². The summed E-state index contributed by atoms with van der Waals surface area (Å²) in [4.78, 5) is 24.2. The minimum Gasteiger partial charge on any atom is -0.497 e. The molecule has 30 heavy (non-hydrogen) atoms. The second kappa shape index (κ2) is 9.96. The van der Waals surface area contributed by atoms with Crippen LogP contribution in [-0.4, -0.2) is 25.7 Å². The molecule has 0 fully saturated rings. The normalized spacial score (nSPS) is 11.8. The molecular formula is C24H27NO5. The maximum atomic E-state index is 12.4. The van der Waals surface area contributed by atoms with Crippen LogP contribution in [-0.2, 0) is 17.6 Å². The van der Waals surface area contributed by atoms with Gasteiger partial charge >= 0.3 is 5.63 Å². The Balaban J connectivity index is 1.58. The molecule has 3 aromatic rings. The molecule has 1 unspecified atom stereocenters. The summed E-state index contributed by atoms with van der Waals surface area (Å²) in [5, 5.41) is 3.77. The van der Waals surface area contributed by atoms with E-state index in [1.807, 2.05) is 30.3 Å². The van der Waals surface area contributed by atoms with Crippen molar-refractivity contribution in [1.29, 1.82) is 0 Å². The number of rotatable bonds is 9. The number of hydrogen-bond acceptors (Lipinski definition) is 5. The van der Waals surface area contributed by atoms with Crippen molar-refractivity contribution in [2.45, 2.75) is 39.2 Å². The summed E-state index contributed by atoms with van der Waals surface area (Å²) in [6, 6.07) is 14.6. The van der Waals surface area contributed by atoms with Gasteiger partial charge < -0.3 is 19.2 Å². The fourth-order valence-electron chi connectivity index (χ4n) is 3.28. The highest BCUT2D eigenvalue weighted by atomic mass is 16.5. The molecule has 0 saturated carbocycles. The van der Waals surface area contributed by atoms with Gasteiger partial charge in [0.1, 0.15) is 17.1 Å². The second-order valence-electron chi connectivity index (χ2n) is 7.15. The van der Waals surface area contributed by atoms with Gasteiger partial charge in [0.2, 0.25) is 0 Å². The van der Waals surface area contributed by atoms with Gasteiger partial charge in [0, 0.05) is 24.1 Å². The molecule has 2 aromatic carbocycles. The van der Waals surface area contributed by atoms with E-state index < -0.39 is 6.10 Å². The first-order valence-electron chi connectivity index (χ1n) is 10.1. The Morgan fingerprint density at radius 3 is 2.50 bits per heavy atom. The third-order valence-corrected chi connectivity index (χ3v) is 4.88. The van der Waals surface area contributed by atoms with E-state index in [0.29, 0.717) is 24.3 Å². The summed E-state index contributed by atoms with van der Waals surface area (Å²) in [5.41, 5.74) is 2.15. The molecule has 0 aliphatic rings. The molecule has 158 valence electrons. The van der Waals surface area contributed by atoms with Crippen LogP contribution in [0.2, 0.25) is 0 Å². The Kier molecular flexibility index (Phi) is 7.12. The number of hydrogen-bond donors (Lipinski definition) is 1. The van der Waals surface area contributed by atoms with E-state index in [9.17, 15) is 9.59 Å². The number of methoxy groups -OCH3 is 1. The molecular weight excluding hydrogens is 382 g/mol. The number of nitrogens with one attached hydrogen (secondary N) is 1. The molecule has 1 amide bonds. The molecule has 0 radical (unpaired) electrons. The molecule has 6 heteroatoms. The number of carbonyl (C=O) groups is 1. The highest BCUT2D eigenvalue weighted by Gasteiger charge is 2.15. The van der Waals surface area contributed by atoms with Crippen LogP contribution in [0.25, 0.3) is 11.0 Å². The average molecular weight is 409 g/mol. The summed E-state index contributed by atoms with van der Waals surface area (Å²) in [6.07, 6.45) is 1.77. The number of carbonyl (C=O) groups excluding carboxylic acids is 1. The van der Waals surface area contributed by atoms with Crippen molar-refractivity contribution in [3.05, 3.63) is 70.1 Å². The zero-order valence-corrected chi connectivity index (χ0v) is 17.6. The molecule has 1 N–H and O–H groups in total. The van der Waals surface area contributed by atoms with E-state index in [1.54, 1.807) is 26.2 Å². The minimum absolute atomic E-state index is 0.204. The molecule has 0 saturated heterocycles. The summed E-state index contributed by atoms with van der Waals surface area (Å²) >= 11 is 0. The minimum atomic E-state index is -0.677. The average Bonchev–Trinajstić information content (AvgIpc) is 2.74. The van der Waals surface area contributed by atoms with Gasteiger partial charge in [-0.3, -0.25) is 4.79 Å². The number of fused-ring (bicyclic) bond motifs is 1. The molecule has 3 rings (SSSR count). The van der Waals surface area contributed by atoms with Crippen LogP contribution in [0.3, 0.4) is 0 Å². The van der Waals surface area contributed by atoms with Crippen molar-refractivity contribution >= 4 is 16.9 Å². The molecule has 1 heterocycles. The van der Waals surface area contributed by atoms with E-state index in [4.69, 9.17) is 13.9 Å². The topological polar surface area (TPSA) is 77.8 Å². The van der Waals surface area contributed by atoms with E-state index in [0.717, 1.165) is 35.1 Å². The Morgan fingerprint density at radius 2 is 1.80 bits per heavy atom. The monoisotopic (exact) mass is 409 g/mol. The third-order valence-electron chi connectivity index (χ3n) is 4.88. The zero-order chi connectivity index (χ0) is 21.5. The fraction of sp³-hybridized carbons (Fsp3) is 0.333. The molecule has 1 atom stereocenters. The largest absolute Gasteiger partial charge is 0.497 e. The van der Waals surface area contributed by atoms with Crippen molar-refractivity contribution in [3.8, 4) is 11.5 Å². The van der Waals surface area contributed by atoms with Gasteiger partial charge in [0.25, 0.3) is 5.91 Å². The first kappa shape index (κ1) is 21.4. The van der Waals surface area contributed by atoms with Gasteiger partial charge in [-0.15, -0.1) is 0 Å². The third kappa shape index (κ3) is 5.41. The van der Waals surface area contributed by atoms with Crippen molar-refractivity contribution in [1.82, 2.24) is 5.32 Å². The number of ether oxygens (including phenoxy) is 2. The lowest BCUT2D eigenvalue weighted by Gasteiger charge is -2.15. The lowest BCUT2D eigenvalue weighted by molar-refractivity contribution is -0.127. The fourth-order valence-corrected chi connectivity index (χ4v) is 3.28. The number of aryl methyl sites for hydroxylation is 1. The highest BCUT2D eigenvalue weighted by molar-refractivity contribution is 5.83. The van der Waals surface area contributed by atoms with Crippen LogP contribution < -0.4 is 20.4 Å². The summed E-state index contributed by atoms with van der Waals surface area (Å²) in [7, 11) is 1.63. The SMILES string of the molecule is CCCc1cc(=O)oc2cc(OC(C)C(=O)NCCc3ccc(OC)cc3)ccc12. The Labute approximate surface area is 175 Å². The first-order valence-corrected chi connectivity index (χ1v) is 10.1. The Morgan fingerprint density at radius 1 is 1.07 bits per heavy atom. The van der Waals surface area contributed by atoms with Crippen molar-refractivity contribution in [2.24, 2.45) is 0 Å². The maximum Gasteiger partial charge on any atom is 0.336 e. The van der Waals surface area contributed by atoms with Crippen LogP contribution >= 0.6 is 0 Å². The van der Waals surface area contributed by atoms with Gasteiger partial charge in [-0.05, 0) is 55.2 Å². The molecule has 0 aliphatic heterocycles. The van der Waals surface area contributed by atoms with Crippen LogP contribution in [0.4, 0.5) is 0 Å².